The molecule has 18 nitrogen and oxygen atoms in total. The van der Waals surface area contributed by atoms with Crippen LogP contribution in [0.4, 0.5) is 10.3 Å². The summed E-state index contributed by atoms with van der Waals surface area (Å²) < 4.78 is 54.9. The third kappa shape index (κ3) is 5.59. The number of nitrogens with two attached hydrogens (primary N) is 1. The molecule has 3 fully saturated rings. The number of nitrogens with one attached hydrogen (secondary N) is 2. The van der Waals surface area contributed by atoms with Crippen LogP contribution in [0.2, 0.25) is 0 Å². The zero-order valence-electron chi connectivity index (χ0n) is 22.8. The second-order valence-corrected chi connectivity index (χ2v) is 17.5. The molecule has 3 aliphatic rings. The van der Waals surface area contributed by atoms with Crippen LogP contribution in [0.15, 0.2) is 28.6 Å². The molecule has 3 aliphatic heterocycles. The Balaban J connectivity index is 1.17. The first-order chi connectivity index (χ1) is 21.3. The van der Waals surface area contributed by atoms with Gasteiger partial charge >= 0.3 is 0 Å². The molecule has 7 heterocycles. The highest BCUT2D eigenvalue weighted by atomic mass is 32.7. The van der Waals surface area contributed by atoms with Crippen molar-refractivity contribution in [2.24, 2.45) is 0 Å². The van der Waals surface area contributed by atoms with Crippen LogP contribution in [0.1, 0.15) is 12.5 Å². The van der Waals surface area contributed by atoms with Gasteiger partial charge in [0.25, 0.3) is 11.1 Å². The Morgan fingerprint density at radius 2 is 1.51 bits per heavy atom. The highest BCUT2D eigenvalue weighted by Crippen LogP contribution is 2.60. The lowest BCUT2D eigenvalue weighted by molar-refractivity contribution is -0.0521. The third-order valence-electron chi connectivity index (χ3n) is 7.39. The van der Waals surface area contributed by atoms with Gasteiger partial charge in [-0.25, -0.2) is 19.3 Å². The molecule has 242 valence electrons. The van der Waals surface area contributed by atoms with Crippen LogP contribution in [-0.2, 0) is 27.6 Å². The van der Waals surface area contributed by atoms with Crippen LogP contribution in [0.25, 0.3) is 22.3 Å². The highest BCUT2D eigenvalue weighted by molar-refractivity contribution is 8.48. The number of fused-ring (bicyclic) bond motifs is 4. The monoisotopic (exact) mass is 705 g/mol. The fourth-order valence-electron chi connectivity index (χ4n) is 5.39. The molecule has 4 aromatic rings. The molecule has 45 heavy (non-hydrogen) atoms. The van der Waals surface area contributed by atoms with Gasteiger partial charge in [-0.15, -0.1) is 0 Å². The number of imidazole rings is 2. The van der Waals surface area contributed by atoms with Crippen molar-refractivity contribution in [3.63, 3.8) is 0 Å². The number of ether oxygens (including phenoxy) is 2. The number of thiol groups is 2. The first-order valence-corrected chi connectivity index (χ1v) is 19.1. The molecule has 5 N–H and O–H groups in total. The van der Waals surface area contributed by atoms with Crippen LogP contribution in [-0.4, -0.2) is 107 Å². The van der Waals surface area contributed by atoms with Crippen molar-refractivity contribution < 1.29 is 37.1 Å². The molecule has 10 atom stereocenters. The second kappa shape index (κ2) is 11.3. The Labute approximate surface area is 262 Å². The molecule has 0 aliphatic carbocycles. The largest absolute Gasteiger partial charge is 0.386 e. The third-order valence-corrected chi connectivity index (χ3v) is 10.9. The zero-order chi connectivity index (χ0) is 31.8. The summed E-state index contributed by atoms with van der Waals surface area (Å²) in [7, 11) is 0. The number of nitrogens with zero attached hydrogens (tertiary/aromatic N) is 6. The van der Waals surface area contributed by atoms with Crippen molar-refractivity contribution in [3.05, 3.63) is 39.7 Å². The summed E-state index contributed by atoms with van der Waals surface area (Å²) in [4.78, 5) is 45.5. The molecule has 0 spiro atoms. The normalized spacial score (nSPS) is 37.7. The van der Waals surface area contributed by atoms with Crippen molar-refractivity contribution >= 4 is 78.5 Å². The molecule has 23 heteroatoms. The Kier molecular flexibility index (Phi) is 7.81. The summed E-state index contributed by atoms with van der Waals surface area (Å²) in [6, 6.07) is 0. The fourth-order valence-corrected chi connectivity index (χ4v) is 8.60. The van der Waals surface area contributed by atoms with E-state index < -0.39 is 73.3 Å². The SMILES string of the molecule is C=[P@]1(S)OC[C@H]2OC(n3cnc4c(=O)[nH]cnc43)[C@H](O)[C@@H]2O[P@@](=C)(S)OC[C@@H]2O[C@H](n3cnc4c(=O)[nH]c(N)nc43)[C@H](F)[C@H]2O1. The molecular formula is C22H26FN9O9P2S2. The van der Waals surface area contributed by atoms with E-state index in [0.29, 0.717) is 0 Å². The molecule has 3 saturated heterocycles. The Morgan fingerprint density at radius 3 is 2.20 bits per heavy atom. The summed E-state index contributed by atoms with van der Waals surface area (Å²) in [5.41, 5.74) is 4.75. The molecule has 1 unspecified atom stereocenters. The maximum absolute atomic E-state index is 16.2. The van der Waals surface area contributed by atoms with Gasteiger partial charge in [-0.2, -0.15) is 4.98 Å². The topological polar surface area (TPSA) is 229 Å². The molecule has 0 saturated carbocycles. The van der Waals surface area contributed by atoms with E-state index in [9.17, 15) is 14.7 Å². The van der Waals surface area contributed by atoms with Gasteiger partial charge in [0, 0.05) is 0 Å². The zero-order valence-corrected chi connectivity index (χ0v) is 26.4. The first-order valence-electron chi connectivity index (χ1n) is 13.2. The maximum Gasteiger partial charge on any atom is 0.280 e. The van der Waals surface area contributed by atoms with Crippen LogP contribution < -0.4 is 16.9 Å². The fraction of sp³-hybridized carbons (Fsp3) is 0.455. The summed E-state index contributed by atoms with van der Waals surface area (Å²) >= 11 is 8.98. The Bertz CT molecular complexity index is 2010. The lowest BCUT2D eigenvalue weighted by Crippen LogP contribution is -2.37. The number of aliphatic hydroxyl groups excluding tert-OH is 1. The van der Waals surface area contributed by atoms with Crippen molar-refractivity contribution in [2.45, 2.75) is 49.1 Å². The minimum atomic E-state index is -3.36. The number of alkyl halides is 1. The van der Waals surface area contributed by atoms with E-state index >= 15 is 4.39 Å². The quantitative estimate of drug-likeness (QED) is 0.123. The summed E-state index contributed by atoms with van der Waals surface area (Å²) in [5, 5.41) is 11.4. The minimum Gasteiger partial charge on any atom is -0.386 e. The summed E-state index contributed by atoms with van der Waals surface area (Å²) in [6.45, 7) is -7.27. The molecule has 0 amide bonds. The maximum atomic E-state index is 16.2. The molecule has 0 aromatic carbocycles. The number of nitrogen functional groups attached to an aromatic ring is 1. The molecule has 0 bridgehead atoms. The number of anilines is 1. The number of halogens is 1. The van der Waals surface area contributed by atoms with E-state index in [4.69, 9.17) is 33.3 Å². The number of aromatic nitrogens is 8. The molecule has 0 radical (unpaired) electrons. The number of aliphatic hydroxyl groups is 1. The summed E-state index contributed by atoms with van der Waals surface area (Å²) in [5.74, 6) is -0.192. The van der Waals surface area contributed by atoms with E-state index in [1.165, 1.54) is 28.1 Å². The van der Waals surface area contributed by atoms with Crippen LogP contribution in [0.3, 0.4) is 0 Å². The van der Waals surface area contributed by atoms with Crippen LogP contribution in [0.5, 0.6) is 0 Å². The predicted octanol–water partition coefficient (Wildman–Crippen LogP) is 0.395. The second-order valence-electron chi connectivity index (χ2n) is 10.4. The van der Waals surface area contributed by atoms with Crippen molar-refractivity contribution in [1.82, 2.24) is 39.0 Å². The predicted molar refractivity (Wildman–Crippen MR) is 167 cm³/mol. The number of hydrogen-bond acceptors (Lipinski definition) is 16. The first kappa shape index (κ1) is 31.1. The standard InChI is InChI=1S/C22H26FN9O9P2S2/c1-42(44)37-4-9-15(13(33)21(39-9)31-6-27-11-16(31)25-5-26-18(11)34)41-43(2,45)36-3-8-14(40-42)10(23)20(38-8)32-7-28-12-17(32)29-22(24)30-19(12)35/h5-10,13-15,20-21,33,44-45H,1-4H2,(H,25,26,34)(H3,24,29,30,35)/t8-,9+,10+,13+,14-,15+,20-,21?,42-,43-/m0/s1. The van der Waals surface area contributed by atoms with Gasteiger partial charge in [-0.05, 0) is 12.6 Å². The van der Waals surface area contributed by atoms with Crippen molar-refractivity contribution in [1.29, 1.82) is 0 Å². The van der Waals surface area contributed by atoms with Gasteiger partial charge < -0.3 is 43.4 Å². The van der Waals surface area contributed by atoms with Gasteiger partial charge in [0.05, 0.1) is 32.2 Å². The lowest BCUT2D eigenvalue weighted by Gasteiger charge is -2.32. The van der Waals surface area contributed by atoms with Gasteiger partial charge in [-0.3, -0.25) is 23.7 Å². The molecule has 7 rings (SSSR count). The molecule has 4 aromatic heterocycles. The highest BCUT2D eigenvalue weighted by Gasteiger charge is 2.52. The number of rotatable bonds is 2. The lowest BCUT2D eigenvalue weighted by atomic mass is 10.1. The minimum absolute atomic E-state index is 0.00420. The number of hydrogen-bond donors (Lipinski definition) is 6. The van der Waals surface area contributed by atoms with Crippen LogP contribution >= 0.6 is 37.6 Å². The van der Waals surface area contributed by atoms with E-state index in [1.54, 1.807) is 0 Å². The van der Waals surface area contributed by atoms with E-state index in [-0.39, 0.29) is 41.5 Å². The van der Waals surface area contributed by atoms with Crippen molar-refractivity contribution in [2.75, 3.05) is 18.9 Å². The van der Waals surface area contributed by atoms with Gasteiger partial charge in [-0.1, -0.05) is 24.5 Å². The van der Waals surface area contributed by atoms with Crippen LogP contribution in [0, 0.1) is 0 Å². The van der Waals surface area contributed by atoms with Gasteiger partial charge in [0.1, 0.15) is 30.5 Å². The molecular weight excluding hydrogens is 679 g/mol. The average Bonchev–Trinajstić information content (AvgIpc) is 3.72. The van der Waals surface area contributed by atoms with Crippen molar-refractivity contribution in [3.8, 4) is 0 Å². The van der Waals surface area contributed by atoms with E-state index in [1.807, 2.05) is 0 Å². The average molecular weight is 706 g/mol. The van der Waals surface area contributed by atoms with Gasteiger partial charge in [0.2, 0.25) is 5.95 Å². The number of aromatic amines is 2. The van der Waals surface area contributed by atoms with E-state index in [2.05, 4.69) is 67.0 Å². The Morgan fingerprint density at radius 1 is 0.933 bits per heavy atom. The Hall–Kier alpha value is -2.55. The van der Waals surface area contributed by atoms with E-state index in [0.717, 1.165) is 0 Å². The smallest absolute Gasteiger partial charge is 0.280 e. The van der Waals surface area contributed by atoms with Gasteiger partial charge in [0.15, 0.2) is 54.0 Å². The summed E-state index contributed by atoms with van der Waals surface area (Å²) in [6.07, 6.45) is 1.36. The number of H-pyrrole nitrogens is 2.